The Kier molecular flexibility index (Phi) is 6.42. The molecule has 0 aromatic heterocycles. The fourth-order valence-electron chi connectivity index (χ4n) is 3.03. The van der Waals surface area contributed by atoms with Crippen molar-refractivity contribution in [2.45, 2.75) is 64.3 Å². The molecule has 0 aliphatic rings. The Hall–Kier alpha value is -1.65. The second-order valence-electron chi connectivity index (χ2n) is 6.83. The fraction of sp³-hybridized carbons (Fsp3) is 0.429. The molecule has 0 aliphatic heterocycles. The third kappa shape index (κ3) is 4.71. The van der Waals surface area contributed by atoms with Crippen LogP contribution in [0.15, 0.2) is 47.4 Å². The summed E-state index contributed by atoms with van der Waals surface area (Å²) >= 11 is 0. The van der Waals surface area contributed by atoms with Gasteiger partial charge in [-0.1, -0.05) is 62.7 Å². The zero-order valence-electron chi connectivity index (χ0n) is 15.8. The molecule has 3 nitrogen and oxygen atoms in total. The SMILES string of the molecule is CCC(C)c1ccc(C(CC)NS(=O)(=O)c2ccc(C)cc2C)cc1. The molecule has 25 heavy (non-hydrogen) atoms. The molecule has 2 aromatic carbocycles. The monoisotopic (exact) mass is 359 g/mol. The fourth-order valence-corrected chi connectivity index (χ4v) is 4.57. The summed E-state index contributed by atoms with van der Waals surface area (Å²) in [4.78, 5) is 0.354. The van der Waals surface area contributed by atoms with Crippen molar-refractivity contribution < 1.29 is 8.42 Å². The Balaban J connectivity index is 2.26. The number of aryl methyl sites for hydroxylation is 2. The lowest BCUT2D eigenvalue weighted by atomic mass is 9.96. The van der Waals surface area contributed by atoms with Crippen LogP contribution in [0, 0.1) is 13.8 Å². The van der Waals surface area contributed by atoms with E-state index in [-0.39, 0.29) is 6.04 Å². The molecular weight excluding hydrogens is 330 g/mol. The highest BCUT2D eigenvalue weighted by Gasteiger charge is 2.22. The molecule has 0 spiro atoms. The standard InChI is InChI=1S/C21H29NO2S/c1-6-16(4)18-9-11-19(12-10-18)20(7-2)22-25(23,24)21-13-8-15(3)14-17(21)5/h8-14,16,20,22H,6-7H2,1-5H3. The number of hydrogen-bond acceptors (Lipinski definition) is 2. The maximum absolute atomic E-state index is 12.8. The zero-order chi connectivity index (χ0) is 18.6. The number of sulfonamides is 1. The first-order chi connectivity index (χ1) is 11.8. The summed E-state index contributed by atoms with van der Waals surface area (Å²) in [7, 11) is -3.55. The number of hydrogen-bond donors (Lipinski definition) is 1. The average Bonchev–Trinajstić information content (AvgIpc) is 2.58. The summed E-state index contributed by atoms with van der Waals surface area (Å²) in [5.74, 6) is 0.515. The van der Waals surface area contributed by atoms with Crippen LogP contribution in [0.5, 0.6) is 0 Å². The zero-order valence-corrected chi connectivity index (χ0v) is 16.7. The Morgan fingerprint density at radius 3 is 2.04 bits per heavy atom. The van der Waals surface area contributed by atoms with Crippen LogP contribution in [-0.2, 0) is 10.0 Å². The van der Waals surface area contributed by atoms with Gasteiger partial charge in [0.05, 0.1) is 4.90 Å². The van der Waals surface area contributed by atoms with Crippen LogP contribution in [0.2, 0.25) is 0 Å². The quantitative estimate of drug-likeness (QED) is 0.734. The average molecular weight is 360 g/mol. The van der Waals surface area contributed by atoms with E-state index >= 15 is 0 Å². The summed E-state index contributed by atoms with van der Waals surface area (Å²) < 4.78 is 28.5. The summed E-state index contributed by atoms with van der Waals surface area (Å²) in [5.41, 5.74) is 4.12. The van der Waals surface area contributed by atoms with Crippen molar-refractivity contribution in [2.75, 3.05) is 0 Å². The first kappa shape index (κ1) is 19.7. The molecule has 4 heteroatoms. The lowest BCUT2D eigenvalue weighted by molar-refractivity contribution is 0.549. The van der Waals surface area contributed by atoms with Crippen LogP contribution in [0.4, 0.5) is 0 Å². The van der Waals surface area contributed by atoms with Gasteiger partial charge in [0.1, 0.15) is 0 Å². The molecule has 2 rings (SSSR count). The van der Waals surface area contributed by atoms with E-state index in [4.69, 9.17) is 0 Å². The Morgan fingerprint density at radius 1 is 0.920 bits per heavy atom. The van der Waals surface area contributed by atoms with Crippen LogP contribution in [-0.4, -0.2) is 8.42 Å². The van der Waals surface area contributed by atoms with Gasteiger partial charge in [0.2, 0.25) is 10.0 Å². The molecular formula is C21H29NO2S. The minimum absolute atomic E-state index is 0.225. The second-order valence-corrected chi connectivity index (χ2v) is 8.51. The van der Waals surface area contributed by atoms with Crippen molar-refractivity contribution >= 4 is 10.0 Å². The lowest BCUT2D eigenvalue weighted by Crippen LogP contribution is -2.29. The van der Waals surface area contributed by atoms with Crippen molar-refractivity contribution in [2.24, 2.45) is 0 Å². The van der Waals surface area contributed by atoms with Crippen LogP contribution in [0.1, 0.15) is 67.8 Å². The highest BCUT2D eigenvalue weighted by Crippen LogP contribution is 2.25. The van der Waals surface area contributed by atoms with Gasteiger partial charge < -0.3 is 0 Å². The van der Waals surface area contributed by atoms with Crippen LogP contribution in [0.25, 0.3) is 0 Å². The first-order valence-corrected chi connectivity index (χ1v) is 10.5. The second kappa shape index (κ2) is 8.15. The molecule has 0 saturated carbocycles. The molecule has 0 fully saturated rings. The Labute approximate surface area is 152 Å². The highest BCUT2D eigenvalue weighted by molar-refractivity contribution is 7.89. The van der Waals surface area contributed by atoms with E-state index in [1.807, 2.05) is 45.0 Å². The topological polar surface area (TPSA) is 46.2 Å². The van der Waals surface area contributed by atoms with Gasteiger partial charge in [-0.05, 0) is 55.4 Å². The Morgan fingerprint density at radius 2 is 1.52 bits per heavy atom. The van der Waals surface area contributed by atoms with Crippen molar-refractivity contribution in [3.05, 3.63) is 64.7 Å². The first-order valence-electron chi connectivity index (χ1n) is 8.98. The molecule has 136 valence electrons. The van der Waals surface area contributed by atoms with Crippen molar-refractivity contribution in [1.82, 2.24) is 4.72 Å². The molecule has 1 N–H and O–H groups in total. The Bertz CT molecular complexity index is 810. The molecule has 0 heterocycles. The van der Waals surface area contributed by atoms with Crippen LogP contribution >= 0.6 is 0 Å². The number of nitrogens with one attached hydrogen (secondary N) is 1. The molecule has 0 aliphatic carbocycles. The van der Waals surface area contributed by atoms with Gasteiger partial charge in [0.15, 0.2) is 0 Å². The predicted octanol–water partition coefficient (Wildman–Crippen LogP) is 5.25. The van der Waals surface area contributed by atoms with Gasteiger partial charge in [-0.15, -0.1) is 0 Å². The van der Waals surface area contributed by atoms with E-state index in [9.17, 15) is 8.42 Å². The molecule has 2 atom stereocenters. The molecule has 2 unspecified atom stereocenters. The third-order valence-electron chi connectivity index (χ3n) is 4.85. The minimum Gasteiger partial charge on any atom is -0.207 e. The van der Waals surface area contributed by atoms with Crippen molar-refractivity contribution in [3.8, 4) is 0 Å². The van der Waals surface area contributed by atoms with Gasteiger partial charge in [-0.3, -0.25) is 0 Å². The third-order valence-corrected chi connectivity index (χ3v) is 6.48. The molecule has 0 amide bonds. The molecule has 0 saturated heterocycles. The van der Waals surface area contributed by atoms with Gasteiger partial charge >= 0.3 is 0 Å². The number of benzene rings is 2. The van der Waals surface area contributed by atoms with E-state index in [0.717, 1.165) is 23.1 Å². The maximum atomic E-state index is 12.8. The summed E-state index contributed by atoms with van der Waals surface area (Å²) in [5, 5.41) is 0. The van der Waals surface area contributed by atoms with Gasteiger partial charge in [-0.2, -0.15) is 0 Å². The molecule has 0 radical (unpaired) electrons. The summed E-state index contributed by atoms with van der Waals surface area (Å²) in [6, 6.07) is 13.5. The van der Waals surface area contributed by atoms with Gasteiger partial charge in [-0.25, -0.2) is 13.1 Å². The predicted molar refractivity (Wildman–Crippen MR) is 104 cm³/mol. The lowest BCUT2D eigenvalue weighted by Gasteiger charge is -2.19. The summed E-state index contributed by atoms with van der Waals surface area (Å²) in [6.07, 6.45) is 1.79. The highest BCUT2D eigenvalue weighted by atomic mass is 32.2. The van der Waals surface area contributed by atoms with Crippen molar-refractivity contribution in [3.63, 3.8) is 0 Å². The van der Waals surface area contributed by atoms with E-state index in [1.54, 1.807) is 6.07 Å². The maximum Gasteiger partial charge on any atom is 0.241 e. The van der Waals surface area contributed by atoms with Crippen molar-refractivity contribution in [1.29, 1.82) is 0 Å². The van der Waals surface area contributed by atoms with E-state index in [1.165, 1.54) is 5.56 Å². The summed E-state index contributed by atoms with van der Waals surface area (Å²) in [6.45, 7) is 10.2. The minimum atomic E-state index is -3.55. The van der Waals surface area contributed by atoms with E-state index < -0.39 is 10.0 Å². The normalized spacial score (nSPS) is 14.3. The molecule has 0 bridgehead atoms. The largest absolute Gasteiger partial charge is 0.241 e. The van der Waals surface area contributed by atoms with Gasteiger partial charge in [0, 0.05) is 6.04 Å². The number of rotatable bonds is 7. The van der Waals surface area contributed by atoms with Crippen LogP contribution in [0.3, 0.4) is 0 Å². The van der Waals surface area contributed by atoms with E-state index in [0.29, 0.717) is 17.2 Å². The smallest absolute Gasteiger partial charge is 0.207 e. The molecule has 2 aromatic rings. The van der Waals surface area contributed by atoms with Gasteiger partial charge in [0.25, 0.3) is 0 Å². The van der Waals surface area contributed by atoms with Crippen LogP contribution < -0.4 is 4.72 Å². The van der Waals surface area contributed by atoms with E-state index in [2.05, 4.69) is 30.7 Å².